The van der Waals surface area contributed by atoms with Crippen LogP contribution in [0.2, 0.25) is 0 Å². The number of carbonyl (C=O) groups is 1. The predicted octanol–water partition coefficient (Wildman–Crippen LogP) is 4.32. The fourth-order valence-electron chi connectivity index (χ4n) is 4.00. The summed E-state index contributed by atoms with van der Waals surface area (Å²) in [6.07, 6.45) is 4.44. The van der Waals surface area contributed by atoms with Gasteiger partial charge in [0.05, 0.1) is 11.8 Å². The lowest BCUT2D eigenvalue weighted by Crippen LogP contribution is -2.25. The molecule has 1 N–H and O–H groups in total. The second-order valence-electron chi connectivity index (χ2n) is 7.91. The van der Waals surface area contributed by atoms with Crippen LogP contribution in [-0.2, 0) is 11.3 Å². The molecule has 2 aromatic heterocycles. The van der Waals surface area contributed by atoms with Gasteiger partial charge < -0.3 is 9.84 Å². The highest BCUT2D eigenvalue weighted by Gasteiger charge is 2.47. The van der Waals surface area contributed by atoms with Gasteiger partial charge in [0.25, 0.3) is 0 Å². The number of aromatic nitrogens is 3. The van der Waals surface area contributed by atoms with Crippen molar-refractivity contribution in [2.45, 2.75) is 32.7 Å². The molecule has 0 aliphatic heterocycles. The molecular formula is C24H22N4O2. The molecule has 0 saturated heterocycles. The third-order valence-electron chi connectivity index (χ3n) is 5.68. The van der Waals surface area contributed by atoms with E-state index in [2.05, 4.69) is 63.8 Å². The van der Waals surface area contributed by atoms with Crippen LogP contribution >= 0.6 is 0 Å². The van der Waals surface area contributed by atoms with E-state index in [1.807, 2.05) is 18.5 Å². The molecule has 1 aliphatic rings. The van der Waals surface area contributed by atoms with Crippen molar-refractivity contribution in [2.24, 2.45) is 5.92 Å². The highest BCUT2D eigenvalue weighted by Crippen LogP contribution is 2.46. The van der Waals surface area contributed by atoms with Gasteiger partial charge in [0.1, 0.15) is 0 Å². The van der Waals surface area contributed by atoms with Crippen LogP contribution in [-0.4, -0.2) is 21.0 Å². The lowest BCUT2D eigenvalue weighted by molar-refractivity contribution is -0.122. The van der Waals surface area contributed by atoms with Gasteiger partial charge in [0, 0.05) is 24.3 Å². The Morgan fingerprint density at radius 2 is 2.07 bits per heavy atom. The molecule has 6 nitrogen and oxygen atoms in total. The summed E-state index contributed by atoms with van der Waals surface area (Å²) < 4.78 is 5.20. The number of hydrogen-bond donors (Lipinski definition) is 1. The van der Waals surface area contributed by atoms with Crippen LogP contribution in [0.3, 0.4) is 0 Å². The summed E-state index contributed by atoms with van der Waals surface area (Å²) in [5.41, 5.74) is 4.62. The van der Waals surface area contributed by atoms with Gasteiger partial charge in [-0.05, 0) is 48.4 Å². The average Bonchev–Trinajstić information content (AvgIpc) is 3.45. The van der Waals surface area contributed by atoms with Crippen LogP contribution in [0.25, 0.3) is 21.9 Å². The van der Waals surface area contributed by atoms with Gasteiger partial charge in [0.2, 0.25) is 11.8 Å². The number of nitrogens with one attached hydrogen (secondary N) is 1. The monoisotopic (exact) mass is 398 g/mol. The predicted molar refractivity (Wildman–Crippen MR) is 114 cm³/mol. The Balaban J connectivity index is 1.36. The molecule has 1 saturated carbocycles. The number of fused-ring (bicyclic) bond motifs is 1. The molecule has 0 bridgehead atoms. The van der Waals surface area contributed by atoms with Gasteiger partial charge in [0.15, 0.2) is 5.82 Å². The van der Waals surface area contributed by atoms with Crippen LogP contribution < -0.4 is 5.32 Å². The van der Waals surface area contributed by atoms with Crippen LogP contribution in [0.15, 0.2) is 59.4 Å². The van der Waals surface area contributed by atoms with E-state index in [4.69, 9.17) is 4.52 Å². The van der Waals surface area contributed by atoms with Crippen molar-refractivity contribution in [3.63, 3.8) is 0 Å². The molecule has 1 amide bonds. The number of pyridine rings is 1. The van der Waals surface area contributed by atoms with Crippen LogP contribution in [0, 0.1) is 19.8 Å². The maximum atomic E-state index is 12.6. The molecule has 2 heterocycles. The Hall–Kier alpha value is -3.54. The maximum absolute atomic E-state index is 12.6. The van der Waals surface area contributed by atoms with Crippen molar-refractivity contribution in [2.75, 3.05) is 0 Å². The number of nitrogens with zero attached hydrogens (tertiary/aromatic N) is 3. The first kappa shape index (κ1) is 18.5. The van der Waals surface area contributed by atoms with E-state index >= 15 is 0 Å². The zero-order valence-electron chi connectivity index (χ0n) is 16.9. The van der Waals surface area contributed by atoms with Crippen molar-refractivity contribution in [1.82, 2.24) is 20.4 Å². The molecule has 1 aliphatic carbocycles. The van der Waals surface area contributed by atoms with Crippen molar-refractivity contribution in [3.8, 4) is 11.1 Å². The average molecular weight is 398 g/mol. The van der Waals surface area contributed by atoms with Crippen LogP contribution in [0.1, 0.15) is 35.2 Å². The maximum Gasteiger partial charge on any atom is 0.230 e. The molecule has 150 valence electrons. The Morgan fingerprint density at radius 3 is 2.87 bits per heavy atom. The van der Waals surface area contributed by atoms with Gasteiger partial charge >= 0.3 is 0 Å². The summed E-state index contributed by atoms with van der Waals surface area (Å²) in [4.78, 5) is 21.2. The first-order valence-electron chi connectivity index (χ1n) is 10.1. The van der Waals surface area contributed by atoms with E-state index in [0.29, 0.717) is 18.3 Å². The highest BCUT2D eigenvalue weighted by atomic mass is 16.5. The minimum atomic E-state index is -0.0965. The van der Waals surface area contributed by atoms with E-state index < -0.39 is 0 Å². The number of benzene rings is 2. The molecule has 0 radical (unpaired) electrons. The second-order valence-corrected chi connectivity index (χ2v) is 7.91. The Labute approximate surface area is 174 Å². The minimum absolute atomic E-state index is 0.0238. The first-order chi connectivity index (χ1) is 14.6. The molecule has 2 atom stereocenters. The molecule has 30 heavy (non-hydrogen) atoms. The standard InChI is InChI=1S/C24H22N4O2/c1-14-4-3-5-16(10-14)18-7-6-17(22-13-25-9-8-19(18)22)12-26-23(29)20-11-21(20)24-27-15(2)28-30-24/h3-10,13,20-21H,11-12H2,1-2H3,(H,26,29). The van der Waals surface area contributed by atoms with Gasteiger partial charge in [-0.1, -0.05) is 47.1 Å². The van der Waals surface area contributed by atoms with Crippen molar-refractivity contribution in [3.05, 3.63) is 77.7 Å². The third kappa shape index (κ3) is 3.45. The minimum Gasteiger partial charge on any atom is -0.352 e. The summed E-state index contributed by atoms with van der Waals surface area (Å²) in [6.45, 7) is 4.34. The summed E-state index contributed by atoms with van der Waals surface area (Å²) in [5.74, 6) is 1.12. The van der Waals surface area contributed by atoms with E-state index in [1.54, 1.807) is 6.92 Å². The molecule has 2 unspecified atom stereocenters. The van der Waals surface area contributed by atoms with Crippen LogP contribution in [0.4, 0.5) is 0 Å². The fraction of sp³-hybridized carbons (Fsp3) is 0.250. The SMILES string of the molecule is Cc1cccc(-c2ccc(CNC(=O)C3CC3c3nc(C)no3)c3cnccc23)c1. The quantitative estimate of drug-likeness (QED) is 0.541. The van der Waals surface area contributed by atoms with E-state index in [1.165, 1.54) is 16.7 Å². The highest BCUT2D eigenvalue weighted by molar-refractivity contribution is 5.98. The number of rotatable bonds is 5. The van der Waals surface area contributed by atoms with Crippen LogP contribution in [0.5, 0.6) is 0 Å². The van der Waals surface area contributed by atoms with Crippen molar-refractivity contribution in [1.29, 1.82) is 0 Å². The normalized spacial score (nSPS) is 17.8. The topological polar surface area (TPSA) is 80.9 Å². The van der Waals surface area contributed by atoms with E-state index in [9.17, 15) is 4.79 Å². The van der Waals surface area contributed by atoms with Gasteiger partial charge in [-0.2, -0.15) is 4.98 Å². The Bertz CT molecular complexity index is 1250. The molecule has 0 spiro atoms. The van der Waals surface area contributed by atoms with Gasteiger partial charge in [-0.3, -0.25) is 9.78 Å². The lowest BCUT2D eigenvalue weighted by atomic mass is 9.95. The van der Waals surface area contributed by atoms with Crippen molar-refractivity contribution < 1.29 is 9.32 Å². The van der Waals surface area contributed by atoms with Gasteiger partial charge in [-0.15, -0.1) is 0 Å². The van der Waals surface area contributed by atoms with E-state index in [0.717, 1.165) is 22.8 Å². The smallest absolute Gasteiger partial charge is 0.230 e. The Kier molecular flexibility index (Phi) is 4.54. The molecular weight excluding hydrogens is 376 g/mol. The summed E-state index contributed by atoms with van der Waals surface area (Å²) in [5, 5.41) is 9.07. The number of amides is 1. The third-order valence-corrected chi connectivity index (χ3v) is 5.68. The molecule has 1 fully saturated rings. The molecule has 6 heteroatoms. The van der Waals surface area contributed by atoms with Crippen molar-refractivity contribution >= 4 is 16.7 Å². The summed E-state index contributed by atoms with van der Waals surface area (Å²) >= 11 is 0. The Morgan fingerprint density at radius 1 is 1.17 bits per heavy atom. The zero-order chi connectivity index (χ0) is 20.7. The van der Waals surface area contributed by atoms with Gasteiger partial charge in [-0.25, -0.2) is 0 Å². The number of hydrogen-bond acceptors (Lipinski definition) is 5. The largest absolute Gasteiger partial charge is 0.352 e. The number of carbonyl (C=O) groups excluding carboxylic acids is 1. The number of aryl methyl sites for hydroxylation is 2. The first-order valence-corrected chi connectivity index (χ1v) is 10.1. The second kappa shape index (κ2) is 7.37. The molecule has 4 aromatic rings. The molecule has 2 aromatic carbocycles. The fourth-order valence-corrected chi connectivity index (χ4v) is 4.00. The zero-order valence-corrected chi connectivity index (χ0v) is 16.9. The molecule has 5 rings (SSSR count). The summed E-state index contributed by atoms with van der Waals surface area (Å²) in [7, 11) is 0. The summed E-state index contributed by atoms with van der Waals surface area (Å²) in [6, 6.07) is 14.7. The lowest BCUT2D eigenvalue weighted by Gasteiger charge is -2.12. The van der Waals surface area contributed by atoms with E-state index in [-0.39, 0.29) is 17.7 Å².